The number of aromatic nitrogens is 8. The zero-order valence-corrected chi connectivity index (χ0v) is 37.4. The average molecular weight is 997 g/mol. The second kappa shape index (κ2) is 22.8. The first kappa shape index (κ1) is 51.5. The number of nitrogens with one attached hydrogen (secondary N) is 1. The fraction of sp³-hybridized carbons (Fsp3) is 0.116. The Labute approximate surface area is 389 Å². The fourth-order valence-corrected chi connectivity index (χ4v) is 7.54. The van der Waals surface area contributed by atoms with E-state index < -0.39 is 65.6 Å². The van der Waals surface area contributed by atoms with E-state index in [9.17, 15) is 59.9 Å². The summed E-state index contributed by atoms with van der Waals surface area (Å²) >= 11 is 2.15. The number of carbonyl (C=O) groups is 2. The minimum absolute atomic E-state index is 0.122. The summed E-state index contributed by atoms with van der Waals surface area (Å²) in [6.07, 6.45) is 0. The third-order valence-corrected chi connectivity index (χ3v) is 11.0. The summed E-state index contributed by atoms with van der Waals surface area (Å²) in [6, 6.07) is 25.0. The highest BCUT2D eigenvalue weighted by Gasteiger charge is 2.24. The summed E-state index contributed by atoms with van der Waals surface area (Å²) in [5.41, 5.74) is 10.3. The number of para-hydroxylation sites is 4. The van der Waals surface area contributed by atoms with Crippen molar-refractivity contribution in [2.24, 2.45) is 14.1 Å². The van der Waals surface area contributed by atoms with E-state index in [1.165, 1.54) is 37.8 Å². The Bertz CT molecular complexity index is 3640. The second-order valence-corrected chi connectivity index (χ2v) is 15.1. The Morgan fingerprint density at radius 3 is 1.62 bits per heavy atom. The highest BCUT2D eigenvalue weighted by Crippen LogP contribution is 2.30. The molecule has 0 amide bonds. The molecule has 69 heavy (non-hydrogen) atoms. The summed E-state index contributed by atoms with van der Waals surface area (Å²) in [6.45, 7) is -3.50. The van der Waals surface area contributed by atoms with Gasteiger partial charge in [0.2, 0.25) is 25.8 Å². The van der Waals surface area contributed by atoms with E-state index in [-0.39, 0.29) is 28.1 Å². The maximum absolute atomic E-state index is 13.7. The van der Waals surface area contributed by atoms with Gasteiger partial charge < -0.3 is 21.2 Å². The lowest BCUT2D eigenvalue weighted by Gasteiger charge is -2.08. The summed E-state index contributed by atoms with van der Waals surface area (Å²) in [7, 11) is 3.49. The van der Waals surface area contributed by atoms with E-state index in [2.05, 4.69) is 23.5 Å². The molecule has 18 nitrogen and oxygen atoms in total. The molecule has 5 heterocycles. The summed E-state index contributed by atoms with van der Waals surface area (Å²) in [4.78, 5) is 92.2. The van der Waals surface area contributed by atoms with Gasteiger partial charge in [0, 0.05) is 24.9 Å². The zero-order valence-electron chi connectivity index (χ0n) is 35.8. The van der Waals surface area contributed by atoms with Crippen molar-refractivity contribution >= 4 is 77.4 Å². The number of H-pyrrole nitrogens is 1. The van der Waals surface area contributed by atoms with Crippen LogP contribution in [0.5, 0.6) is 0 Å². The van der Waals surface area contributed by atoms with Crippen LogP contribution in [0.3, 0.4) is 0 Å². The molecule has 26 heteroatoms. The normalized spacial score (nSPS) is 10.4. The SMILES string of the molecule is COC(=O)C(=O)c1nsc2ccc(-n3c(=O)cc(F)n(C)c3=O)cc12.Cn1c(F)cc(=O)n(-c2ccc3snc(-c4nc5ccccc5[nH]c4=O)c3c2)c1=O.FCF.FCF.Nc1ccccc1N. The van der Waals surface area contributed by atoms with Crippen molar-refractivity contribution in [1.82, 2.24) is 37.0 Å². The molecule has 4 aromatic carbocycles. The standard InChI is InChI=1S/C20H12FN5O3S.C15H10FN3O5S.C6H8N2.2CH2F2/c1-25-15(21)9-16(27)26(20(25)29)10-6-7-14-11(8-10)17(24-30-14)18-19(28)23-13-5-3-2-4-12(13)22-18;1-18-10(16)6-11(20)19(15(18)23)7-3-4-9-8(5-7)12(17-25-9)13(21)14(22)24-2;7-5-3-1-2-4-6(5)8;2*2-1-3/h2-9H,1H3,(H,23,28);3-6H,1-2H3;1-4H,7-8H2;2*1H2. The first-order valence-electron chi connectivity index (χ1n) is 19.1. The first-order chi connectivity index (χ1) is 32.9. The van der Waals surface area contributed by atoms with Crippen molar-refractivity contribution in [3.05, 3.63) is 167 Å². The van der Waals surface area contributed by atoms with Gasteiger partial charge in [-0.25, -0.2) is 46.1 Å². The zero-order chi connectivity index (χ0) is 50.7. The third-order valence-electron chi connectivity index (χ3n) is 9.35. The molecule has 0 saturated heterocycles. The van der Waals surface area contributed by atoms with Gasteiger partial charge >= 0.3 is 17.3 Å². The van der Waals surface area contributed by atoms with Gasteiger partial charge in [-0.1, -0.05) is 24.3 Å². The number of carbonyl (C=O) groups excluding carboxylic acids is 2. The highest BCUT2D eigenvalue weighted by atomic mass is 32.1. The summed E-state index contributed by atoms with van der Waals surface area (Å²) in [5, 5.41) is 0.847. The number of ketones is 1. The molecular weight excluding hydrogens is 963 g/mol. The number of ether oxygens (including phenoxy) is 1. The van der Waals surface area contributed by atoms with Crippen LogP contribution in [-0.2, 0) is 23.6 Å². The summed E-state index contributed by atoms with van der Waals surface area (Å²) in [5.74, 6) is -3.91. The third kappa shape index (κ3) is 11.4. The van der Waals surface area contributed by atoms with Crippen LogP contribution < -0.4 is 39.5 Å². The predicted octanol–water partition coefficient (Wildman–Crippen LogP) is 5.45. The number of hydrogen-bond donors (Lipinski definition) is 3. The highest BCUT2D eigenvalue weighted by molar-refractivity contribution is 7.14. The van der Waals surface area contributed by atoms with Gasteiger partial charge in [-0.2, -0.15) is 17.5 Å². The number of esters is 1. The largest absolute Gasteiger partial charge is 0.463 e. The van der Waals surface area contributed by atoms with Gasteiger partial charge in [0.15, 0.2) is 5.69 Å². The van der Waals surface area contributed by atoms with Gasteiger partial charge in [-0.3, -0.25) is 28.3 Å². The van der Waals surface area contributed by atoms with E-state index in [1.54, 1.807) is 54.6 Å². The van der Waals surface area contributed by atoms with Gasteiger partial charge in [0.05, 0.1) is 62.4 Å². The second-order valence-electron chi connectivity index (χ2n) is 13.5. The van der Waals surface area contributed by atoms with Crippen LogP contribution in [0.15, 0.2) is 121 Å². The topological polar surface area (TPSA) is 255 Å². The monoisotopic (exact) mass is 996 g/mol. The molecule has 0 unspecified atom stereocenters. The van der Waals surface area contributed by atoms with E-state index >= 15 is 0 Å². The number of rotatable bonds is 5. The van der Waals surface area contributed by atoms with E-state index in [0.717, 1.165) is 43.1 Å². The van der Waals surface area contributed by atoms with E-state index in [0.29, 0.717) is 48.8 Å². The first-order valence-corrected chi connectivity index (χ1v) is 20.7. The van der Waals surface area contributed by atoms with Crippen molar-refractivity contribution in [3.63, 3.8) is 0 Å². The molecule has 9 rings (SSSR count). The Hall–Kier alpha value is -8.52. The molecule has 0 saturated carbocycles. The van der Waals surface area contributed by atoms with Crippen LogP contribution in [0.1, 0.15) is 10.5 Å². The minimum atomic E-state index is -1.75. The predicted molar refractivity (Wildman–Crippen MR) is 248 cm³/mol. The molecule has 0 aliphatic rings. The lowest BCUT2D eigenvalue weighted by Crippen LogP contribution is -2.38. The van der Waals surface area contributed by atoms with Crippen LogP contribution in [-0.4, -0.2) is 69.7 Å². The number of methoxy groups -OCH3 is 1. The number of nitrogens with two attached hydrogens (primary N) is 2. The number of fused-ring (bicyclic) bond motifs is 3. The number of anilines is 2. The molecule has 0 aliphatic heterocycles. The Kier molecular flexibility index (Phi) is 17.0. The van der Waals surface area contributed by atoms with Crippen molar-refractivity contribution in [2.75, 3.05) is 32.4 Å². The number of nitrogen functional groups attached to an aromatic ring is 2. The number of aromatic amines is 1. The van der Waals surface area contributed by atoms with Crippen LogP contribution in [0.25, 0.3) is 54.0 Å². The molecule has 0 radical (unpaired) electrons. The van der Waals surface area contributed by atoms with Gasteiger partial charge in [-0.15, -0.1) is 0 Å². The van der Waals surface area contributed by atoms with Gasteiger partial charge in [0.1, 0.15) is 11.4 Å². The number of nitrogens with zero attached hydrogens (tertiary/aromatic N) is 7. The molecule has 0 atom stereocenters. The molecule has 5 aromatic heterocycles. The Morgan fingerprint density at radius 1 is 0.652 bits per heavy atom. The maximum atomic E-state index is 13.7. The van der Waals surface area contributed by atoms with E-state index in [1.807, 2.05) is 18.2 Å². The molecule has 0 spiro atoms. The van der Waals surface area contributed by atoms with Crippen LogP contribution >= 0.6 is 23.1 Å². The van der Waals surface area contributed by atoms with Crippen molar-refractivity contribution in [2.45, 2.75) is 0 Å². The number of hydrogen-bond acceptors (Lipinski definition) is 15. The smallest absolute Gasteiger partial charge is 0.381 e. The van der Waals surface area contributed by atoms with Crippen LogP contribution in [0.2, 0.25) is 0 Å². The Balaban J connectivity index is 0.000000204. The number of Topliss-reactive ketones (excluding diaryl/α,β-unsaturated/α-hetero) is 1. The minimum Gasteiger partial charge on any atom is -0.463 e. The molecule has 0 bridgehead atoms. The quantitative estimate of drug-likeness (QED) is 0.0485. The number of benzene rings is 4. The molecule has 0 aliphatic carbocycles. The number of halogens is 6. The van der Waals surface area contributed by atoms with Crippen molar-refractivity contribution in [3.8, 4) is 22.8 Å². The van der Waals surface area contributed by atoms with Gasteiger partial charge in [-0.05, 0) is 83.7 Å². The fourth-order valence-electron chi connectivity index (χ4n) is 6.03. The lowest BCUT2D eigenvalue weighted by atomic mass is 10.1. The maximum Gasteiger partial charge on any atom is 0.381 e. The lowest BCUT2D eigenvalue weighted by molar-refractivity contribution is -0.135. The van der Waals surface area contributed by atoms with Crippen LogP contribution in [0, 0.1) is 11.9 Å². The Morgan fingerprint density at radius 2 is 1.12 bits per heavy atom. The molecule has 5 N–H and O–H groups in total. The van der Waals surface area contributed by atoms with Crippen molar-refractivity contribution < 1.29 is 40.7 Å². The van der Waals surface area contributed by atoms with Crippen LogP contribution in [0.4, 0.5) is 37.7 Å². The molecule has 9 aromatic rings. The molecule has 358 valence electrons. The molecule has 0 fully saturated rings. The summed E-state index contributed by atoms with van der Waals surface area (Å²) < 4.78 is 82.7. The van der Waals surface area contributed by atoms with Gasteiger partial charge in [0.25, 0.3) is 22.5 Å². The number of alkyl halides is 4. The average Bonchev–Trinajstić information content (AvgIpc) is 3.95. The van der Waals surface area contributed by atoms with E-state index in [4.69, 9.17) is 11.5 Å². The van der Waals surface area contributed by atoms with Crippen molar-refractivity contribution in [1.29, 1.82) is 0 Å². The molecular formula is C43H34F6N10O8S2.